The molecular weight excluding hydrogens is 210 g/mol. The van der Waals surface area contributed by atoms with E-state index in [2.05, 4.69) is 24.0 Å². The highest BCUT2D eigenvalue weighted by atomic mass is 32.2. The summed E-state index contributed by atoms with van der Waals surface area (Å²) in [5.41, 5.74) is 5.64. The summed E-state index contributed by atoms with van der Waals surface area (Å²) in [6, 6.07) is 0.0709. The van der Waals surface area contributed by atoms with E-state index in [9.17, 15) is 0 Å². The Hall–Kier alpha value is -0.550. The van der Waals surface area contributed by atoms with Crippen LogP contribution in [0.15, 0.2) is 4.52 Å². The molecule has 0 aliphatic heterocycles. The van der Waals surface area contributed by atoms with Gasteiger partial charge in [-0.2, -0.15) is 16.7 Å². The van der Waals surface area contributed by atoms with Crippen molar-refractivity contribution in [1.29, 1.82) is 0 Å². The quantitative estimate of drug-likeness (QED) is 0.806. The standard InChI is InChI=1S/C10H19N3OS/c1-7(2)5-15-6-9-12-10(14-13-9)4-8(3)11/h7-8H,4-6,11H2,1-3H3. The molecule has 1 aromatic heterocycles. The van der Waals surface area contributed by atoms with Crippen LogP contribution in [-0.2, 0) is 12.2 Å². The van der Waals surface area contributed by atoms with Crippen molar-refractivity contribution in [2.24, 2.45) is 11.7 Å². The molecule has 1 unspecified atom stereocenters. The lowest BCUT2D eigenvalue weighted by Gasteiger charge is -2.00. The second kappa shape index (κ2) is 6.12. The van der Waals surface area contributed by atoms with Gasteiger partial charge >= 0.3 is 0 Å². The van der Waals surface area contributed by atoms with E-state index in [-0.39, 0.29) is 6.04 Å². The third-order valence-corrected chi connectivity index (χ3v) is 3.05. The van der Waals surface area contributed by atoms with Gasteiger partial charge in [-0.15, -0.1) is 0 Å². The zero-order valence-corrected chi connectivity index (χ0v) is 10.4. The molecule has 0 spiro atoms. The Bertz CT molecular complexity index is 286. The molecule has 2 N–H and O–H groups in total. The fourth-order valence-corrected chi connectivity index (χ4v) is 1.98. The molecule has 0 amide bonds. The molecule has 86 valence electrons. The molecule has 0 fully saturated rings. The number of thioether (sulfide) groups is 1. The minimum absolute atomic E-state index is 0.0709. The van der Waals surface area contributed by atoms with Gasteiger partial charge < -0.3 is 10.3 Å². The molecule has 1 atom stereocenters. The fraction of sp³-hybridized carbons (Fsp3) is 0.800. The molecule has 5 heteroatoms. The minimum atomic E-state index is 0.0709. The minimum Gasteiger partial charge on any atom is -0.339 e. The highest BCUT2D eigenvalue weighted by Gasteiger charge is 2.08. The molecule has 4 nitrogen and oxygen atoms in total. The Morgan fingerprint density at radius 3 is 2.73 bits per heavy atom. The molecule has 0 bridgehead atoms. The van der Waals surface area contributed by atoms with Crippen LogP contribution in [0.5, 0.6) is 0 Å². The normalized spacial score (nSPS) is 13.4. The Balaban J connectivity index is 2.33. The van der Waals surface area contributed by atoms with E-state index < -0.39 is 0 Å². The maximum Gasteiger partial charge on any atom is 0.228 e. The van der Waals surface area contributed by atoms with Crippen LogP contribution < -0.4 is 5.73 Å². The average Bonchev–Trinajstić information content (AvgIpc) is 2.50. The Morgan fingerprint density at radius 2 is 2.13 bits per heavy atom. The summed E-state index contributed by atoms with van der Waals surface area (Å²) < 4.78 is 5.08. The van der Waals surface area contributed by atoms with Gasteiger partial charge in [0.2, 0.25) is 5.89 Å². The molecule has 0 aliphatic rings. The number of rotatable bonds is 6. The largest absolute Gasteiger partial charge is 0.339 e. The lowest BCUT2D eigenvalue weighted by atomic mass is 10.2. The van der Waals surface area contributed by atoms with Crippen molar-refractivity contribution >= 4 is 11.8 Å². The molecule has 0 saturated heterocycles. The lowest BCUT2D eigenvalue weighted by Crippen LogP contribution is -2.17. The van der Waals surface area contributed by atoms with E-state index in [0.717, 1.165) is 17.3 Å². The summed E-state index contributed by atoms with van der Waals surface area (Å²) in [6.07, 6.45) is 0.655. The summed E-state index contributed by atoms with van der Waals surface area (Å²) in [5, 5.41) is 3.90. The van der Waals surface area contributed by atoms with E-state index in [1.807, 2.05) is 18.7 Å². The third-order valence-electron chi connectivity index (χ3n) is 1.69. The Morgan fingerprint density at radius 1 is 1.40 bits per heavy atom. The average molecular weight is 229 g/mol. The number of hydrogen-bond acceptors (Lipinski definition) is 5. The maximum atomic E-state index is 5.64. The number of nitrogens with zero attached hydrogens (tertiary/aromatic N) is 2. The van der Waals surface area contributed by atoms with Crippen LogP contribution in [0.2, 0.25) is 0 Å². The van der Waals surface area contributed by atoms with Crippen LogP contribution in [0.25, 0.3) is 0 Å². The maximum absolute atomic E-state index is 5.64. The van der Waals surface area contributed by atoms with Gasteiger partial charge in [0.15, 0.2) is 5.82 Å². The van der Waals surface area contributed by atoms with Crippen LogP contribution in [0.3, 0.4) is 0 Å². The van der Waals surface area contributed by atoms with Gasteiger partial charge in [-0.3, -0.25) is 0 Å². The molecular formula is C10H19N3OS. The van der Waals surface area contributed by atoms with Crippen molar-refractivity contribution in [3.63, 3.8) is 0 Å². The summed E-state index contributed by atoms with van der Waals surface area (Å²) in [6.45, 7) is 6.33. The van der Waals surface area contributed by atoms with Gasteiger partial charge in [0, 0.05) is 12.5 Å². The van der Waals surface area contributed by atoms with Gasteiger partial charge in [0.1, 0.15) is 0 Å². The van der Waals surface area contributed by atoms with E-state index in [0.29, 0.717) is 18.2 Å². The number of aromatic nitrogens is 2. The predicted octanol–water partition coefficient (Wildman–Crippen LogP) is 1.85. The first-order chi connectivity index (χ1) is 7.08. The monoisotopic (exact) mass is 229 g/mol. The second-order valence-corrected chi connectivity index (χ2v) is 5.22. The van der Waals surface area contributed by atoms with E-state index in [1.54, 1.807) is 0 Å². The van der Waals surface area contributed by atoms with Crippen LogP contribution in [-0.4, -0.2) is 21.9 Å². The highest BCUT2D eigenvalue weighted by molar-refractivity contribution is 7.98. The van der Waals surface area contributed by atoms with Crippen molar-refractivity contribution in [1.82, 2.24) is 10.1 Å². The molecule has 0 radical (unpaired) electrons. The van der Waals surface area contributed by atoms with Gasteiger partial charge in [0.25, 0.3) is 0 Å². The van der Waals surface area contributed by atoms with Gasteiger partial charge in [0.05, 0.1) is 5.75 Å². The van der Waals surface area contributed by atoms with E-state index in [1.165, 1.54) is 0 Å². The molecule has 1 heterocycles. The first-order valence-electron chi connectivity index (χ1n) is 5.22. The van der Waals surface area contributed by atoms with Crippen molar-refractivity contribution in [3.05, 3.63) is 11.7 Å². The predicted molar refractivity (Wildman–Crippen MR) is 62.7 cm³/mol. The molecule has 1 aromatic rings. The lowest BCUT2D eigenvalue weighted by molar-refractivity contribution is 0.368. The summed E-state index contributed by atoms with van der Waals surface area (Å²) in [4.78, 5) is 4.27. The topological polar surface area (TPSA) is 64.9 Å². The summed E-state index contributed by atoms with van der Waals surface area (Å²) in [7, 11) is 0. The van der Waals surface area contributed by atoms with Crippen molar-refractivity contribution in [3.8, 4) is 0 Å². The molecule has 0 saturated carbocycles. The van der Waals surface area contributed by atoms with E-state index >= 15 is 0 Å². The fourth-order valence-electron chi connectivity index (χ4n) is 1.09. The van der Waals surface area contributed by atoms with Crippen LogP contribution >= 0.6 is 11.8 Å². The highest BCUT2D eigenvalue weighted by Crippen LogP contribution is 2.13. The van der Waals surface area contributed by atoms with Crippen LogP contribution in [0.4, 0.5) is 0 Å². The van der Waals surface area contributed by atoms with E-state index in [4.69, 9.17) is 10.3 Å². The summed E-state index contributed by atoms with van der Waals surface area (Å²) >= 11 is 1.83. The third kappa shape index (κ3) is 5.18. The van der Waals surface area contributed by atoms with Crippen molar-refractivity contribution < 1.29 is 4.52 Å². The number of nitrogens with two attached hydrogens (primary N) is 1. The molecule has 1 rings (SSSR count). The Kier molecular flexibility index (Phi) is 5.11. The zero-order chi connectivity index (χ0) is 11.3. The second-order valence-electron chi connectivity index (χ2n) is 4.19. The van der Waals surface area contributed by atoms with Crippen LogP contribution in [0.1, 0.15) is 32.5 Å². The Labute approximate surface area is 95.0 Å². The smallest absolute Gasteiger partial charge is 0.228 e. The SMILES string of the molecule is CC(C)CSCc1noc(CC(C)N)n1. The zero-order valence-electron chi connectivity index (χ0n) is 9.56. The van der Waals surface area contributed by atoms with Gasteiger partial charge in [-0.25, -0.2) is 0 Å². The molecule has 15 heavy (non-hydrogen) atoms. The van der Waals surface area contributed by atoms with Gasteiger partial charge in [-0.1, -0.05) is 19.0 Å². The van der Waals surface area contributed by atoms with Crippen molar-refractivity contribution in [2.75, 3.05) is 5.75 Å². The van der Waals surface area contributed by atoms with Crippen molar-refractivity contribution in [2.45, 2.75) is 39.0 Å². The van der Waals surface area contributed by atoms with Crippen LogP contribution in [0, 0.1) is 5.92 Å². The first kappa shape index (κ1) is 12.5. The first-order valence-corrected chi connectivity index (χ1v) is 6.38. The van der Waals surface area contributed by atoms with Gasteiger partial charge in [-0.05, 0) is 18.6 Å². The summed E-state index contributed by atoms with van der Waals surface area (Å²) in [5.74, 6) is 4.06. The molecule has 0 aliphatic carbocycles. The number of hydrogen-bond donors (Lipinski definition) is 1. The molecule has 0 aromatic carbocycles.